The van der Waals surface area contributed by atoms with Gasteiger partial charge in [-0.15, -0.1) is 0 Å². The highest BCUT2D eigenvalue weighted by atomic mass is 19.1. The number of halogens is 1. The molecule has 2 unspecified atom stereocenters. The van der Waals surface area contributed by atoms with E-state index in [4.69, 9.17) is 9.84 Å². The van der Waals surface area contributed by atoms with E-state index in [1.807, 2.05) is 0 Å². The number of aromatic nitrogens is 2. The number of nitrogens with zero attached hydrogens (tertiary/aromatic N) is 2. The summed E-state index contributed by atoms with van der Waals surface area (Å²) in [6.07, 6.45) is 0.755. The summed E-state index contributed by atoms with van der Waals surface area (Å²) in [4.78, 5) is 22.6. The highest BCUT2D eigenvalue weighted by molar-refractivity contribution is 4.85. The van der Waals surface area contributed by atoms with Crippen molar-refractivity contribution in [2.75, 3.05) is 6.61 Å². The Kier molecular flexibility index (Phi) is 4.59. The van der Waals surface area contributed by atoms with Gasteiger partial charge in [-0.3, -0.25) is 9.36 Å². The number of alkyl halides is 1. The summed E-state index contributed by atoms with van der Waals surface area (Å²) < 4.78 is 19.9. The molecule has 0 fully saturated rings. The van der Waals surface area contributed by atoms with Crippen LogP contribution >= 0.6 is 0 Å². The van der Waals surface area contributed by atoms with Crippen LogP contribution in [-0.2, 0) is 11.8 Å². The van der Waals surface area contributed by atoms with Crippen LogP contribution in [0.3, 0.4) is 0 Å². The zero-order valence-electron chi connectivity index (χ0n) is 9.67. The molecule has 0 aliphatic carbocycles. The monoisotopic (exact) mass is 246 g/mol. The van der Waals surface area contributed by atoms with E-state index >= 15 is 0 Å². The molecule has 0 aliphatic rings. The molecule has 1 heterocycles. The molecule has 0 amide bonds. The van der Waals surface area contributed by atoms with Crippen molar-refractivity contribution in [1.82, 2.24) is 9.13 Å². The van der Waals surface area contributed by atoms with Gasteiger partial charge < -0.3 is 9.84 Å². The van der Waals surface area contributed by atoms with Gasteiger partial charge in [-0.25, -0.2) is 9.36 Å². The average molecular weight is 246 g/mol. The first kappa shape index (κ1) is 13.6. The van der Waals surface area contributed by atoms with Crippen LogP contribution in [0.5, 0.6) is 0 Å². The molecule has 17 heavy (non-hydrogen) atoms. The third kappa shape index (κ3) is 3.01. The molecule has 1 aromatic heterocycles. The lowest BCUT2D eigenvalue weighted by atomic mass is 10.3. The van der Waals surface area contributed by atoms with Gasteiger partial charge in [-0.2, -0.15) is 4.39 Å². The lowest BCUT2D eigenvalue weighted by Crippen LogP contribution is -2.39. The summed E-state index contributed by atoms with van der Waals surface area (Å²) in [6, 6.07) is 1.07. The topological polar surface area (TPSA) is 73.5 Å². The quantitative estimate of drug-likeness (QED) is 0.778. The zero-order valence-corrected chi connectivity index (χ0v) is 9.67. The van der Waals surface area contributed by atoms with Gasteiger partial charge in [0, 0.05) is 19.3 Å². The molecule has 2 atom stereocenters. The molecule has 0 aliphatic heterocycles. The molecule has 1 N–H and O–H groups in total. The molecular weight excluding hydrogens is 231 g/mol. The minimum atomic E-state index is -2.02. The number of ether oxygens (including phenoxy) is 1. The molecule has 0 spiro atoms. The number of hydrogen-bond donors (Lipinski definition) is 1. The summed E-state index contributed by atoms with van der Waals surface area (Å²) in [6.45, 7) is -0.638. The second kappa shape index (κ2) is 5.74. The van der Waals surface area contributed by atoms with E-state index in [0.29, 0.717) is 11.0 Å². The number of aliphatic hydroxyl groups excluding tert-OH is 1. The average Bonchev–Trinajstić information content (AvgIpc) is 2.32. The van der Waals surface area contributed by atoms with Crippen LogP contribution in [0.1, 0.15) is 19.8 Å². The van der Waals surface area contributed by atoms with Crippen molar-refractivity contribution >= 4 is 0 Å². The summed E-state index contributed by atoms with van der Waals surface area (Å²) in [7, 11) is 1.25. The maximum atomic E-state index is 13.6. The Hall–Kier alpha value is -1.47. The van der Waals surface area contributed by atoms with E-state index < -0.39 is 23.8 Å². The first-order valence-electron chi connectivity index (χ1n) is 5.19. The van der Waals surface area contributed by atoms with Crippen LogP contribution in [0.15, 0.2) is 21.9 Å². The Labute approximate surface area is 96.9 Å². The van der Waals surface area contributed by atoms with Gasteiger partial charge in [0.15, 0.2) is 0 Å². The summed E-state index contributed by atoms with van der Waals surface area (Å²) in [5, 5.41) is 8.86. The first-order chi connectivity index (χ1) is 8.01. The molecule has 1 aromatic rings. The number of aliphatic hydroxyl groups is 1. The second-order valence-corrected chi connectivity index (χ2v) is 3.54. The second-order valence-electron chi connectivity index (χ2n) is 3.54. The van der Waals surface area contributed by atoms with Crippen LogP contribution in [-0.4, -0.2) is 27.0 Å². The minimum Gasteiger partial charge on any atom is -0.394 e. The summed E-state index contributed by atoms with van der Waals surface area (Å²) >= 11 is 0. The minimum absolute atomic E-state index is 0.336. The third-order valence-corrected chi connectivity index (χ3v) is 2.40. The highest BCUT2D eigenvalue weighted by Crippen LogP contribution is 2.11. The molecular formula is C10H15FN2O4. The number of hydrogen-bond acceptors (Lipinski definition) is 4. The largest absolute Gasteiger partial charge is 0.394 e. The number of rotatable bonds is 5. The standard InChI is InChI=1S/C10H15FN2O4/c1-3-7(6-14)17-9(11)13-5-4-8(15)12(2)10(13)16/h4-5,7,9,14H,3,6H2,1-2H3. The predicted molar refractivity (Wildman–Crippen MR) is 58.3 cm³/mol. The van der Waals surface area contributed by atoms with Gasteiger partial charge in [-0.05, 0) is 6.42 Å². The Morgan fingerprint density at radius 3 is 2.71 bits per heavy atom. The maximum Gasteiger partial charge on any atom is 0.334 e. The van der Waals surface area contributed by atoms with Gasteiger partial charge in [0.25, 0.3) is 12.0 Å². The van der Waals surface area contributed by atoms with Crippen LogP contribution < -0.4 is 11.2 Å². The van der Waals surface area contributed by atoms with E-state index in [9.17, 15) is 14.0 Å². The SMILES string of the molecule is CCC(CO)OC(F)n1ccc(=O)n(C)c1=O. The lowest BCUT2D eigenvalue weighted by Gasteiger charge is -2.18. The van der Waals surface area contributed by atoms with E-state index in [2.05, 4.69) is 0 Å². The van der Waals surface area contributed by atoms with Crippen LogP contribution in [0.2, 0.25) is 0 Å². The van der Waals surface area contributed by atoms with Crippen molar-refractivity contribution in [2.24, 2.45) is 7.05 Å². The summed E-state index contributed by atoms with van der Waals surface area (Å²) in [5.74, 6) is 0. The third-order valence-electron chi connectivity index (χ3n) is 2.40. The Morgan fingerprint density at radius 1 is 1.53 bits per heavy atom. The van der Waals surface area contributed by atoms with Crippen LogP contribution in [0.4, 0.5) is 4.39 Å². The van der Waals surface area contributed by atoms with Crippen LogP contribution in [0, 0.1) is 0 Å². The van der Waals surface area contributed by atoms with Crippen molar-refractivity contribution in [3.8, 4) is 0 Å². The highest BCUT2D eigenvalue weighted by Gasteiger charge is 2.17. The normalized spacial score (nSPS) is 14.6. The van der Waals surface area contributed by atoms with Crippen molar-refractivity contribution in [3.05, 3.63) is 33.1 Å². The molecule has 0 saturated carbocycles. The Bertz CT molecular complexity index is 478. The fourth-order valence-electron chi connectivity index (χ4n) is 1.23. The Morgan fingerprint density at radius 2 is 2.18 bits per heavy atom. The molecule has 96 valence electrons. The predicted octanol–water partition coefficient (Wildman–Crippen LogP) is -0.240. The molecule has 0 radical (unpaired) electrons. The van der Waals surface area contributed by atoms with Crippen molar-refractivity contribution < 1.29 is 14.2 Å². The van der Waals surface area contributed by atoms with Gasteiger partial charge in [0.2, 0.25) is 0 Å². The van der Waals surface area contributed by atoms with E-state index in [0.717, 1.165) is 16.8 Å². The van der Waals surface area contributed by atoms with Crippen LogP contribution in [0.25, 0.3) is 0 Å². The fraction of sp³-hybridized carbons (Fsp3) is 0.600. The molecule has 0 aromatic carbocycles. The van der Waals surface area contributed by atoms with E-state index in [1.54, 1.807) is 6.92 Å². The van der Waals surface area contributed by atoms with Gasteiger partial charge in [-0.1, -0.05) is 6.92 Å². The molecule has 0 bridgehead atoms. The first-order valence-corrected chi connectivity index (χ1v) is 5.19. The Balaban J connectivity index is 2.97. The molecule has 0 saturated heterocycles. The smallest absolute Gasteiger partial charge is 0.334 e. The lowest BCUT2D eigenvalue weighted by molar-refractivity contribution is -0.148. The van der Waals surface area contributed by atoms with Crippen molar-refractivity contribution in [1.29, 1.82) is 0 Å². The van der Waals surface area contributed by atoms with Crippen molar-refractivity contribution in [3.63, 3.8) is 0 Å². The zero-order chi connectivity index (χ0) is 13.0. The van der Waals surface area contributed by atoms with E-state index in [-0.39, 0.29) is 6.61 Å². The van der Waals surface area contributed by atoms with Gasteiger partial charge in [0.1, 0.15) is 0 Å². The maximum absolute atomic E-state index is 13.6. The summed E-state index contributed by atoms with van der Waals surface area (Å²) in [5.41, 5.74) is -1.33. The molecule has 6 nitrogen and oxygen atoms in total. The van der Waals surface area contributed by atoms with Gasteiger partial charge in [0.05, 0.1) is 12.7 Å². The van der Waals surface area contributed by atoms with E-state index in [1.165, 1.54) is 7.05 Å². The molecule has 1 rings (SSSR count). The van der Waals surface area contributed by atoms with Crippen molar-refractivity contribution in [2.45, 2.75) is 25.9 Å². The molecule has 7 heteroatoms. The van der Waals surface area contributed by atoms with Gasteiger partial charge >= 0.3 is 5.69 Å². The fourth-order valence-corrected chi connectivity index (χ4v) is 1.23.